The van der Waals surface area contributed by atoms with E-state index in [-0.39, 0.29) is 11.5 Å². The van der Waals surface area contributed by atoms with Gasteiger partial charge in [0, 0.05) is 17.4 Å². The van der Waals surface area contributed by atoms with Crippen LogP contribution < -0.4 is 5.32 Å². The number of amides is 1. The van der Waals surface area contributed by atoms with Gasteiger partial charge >= 0.3 is 12.1 Å². The normalized spacial score (nSPS) is 17.1. The molecule has 9 heteroatoms. The third-order valence-electron chi connectivity index (χ3n) is 6.82. The summed E-state index contributed by atoms with van der Waals surface area (Å²) in [7, 11) is 0. The van der Waals surface area contributed by atoms with E-state index >= 15 is 0 Å². The number of carbonyl (C=O) groups is 2. The minimum absolute atomic E-state index is 0.0327. The van der Waals surface area contributed by atoms with Crippen LogP contribution in [0.25, 0.3) is 11.1 Å². The van der Waals surface area contributed by atoms with Crippen LogP contribution in [0.5, 0.6) is 0 Å². The standard InChI is InChI=1S/C25H22F3N3O3/c26-25(27,28)17-6-4-16(5-7-17)24(10-11-24)23(34)30-18-8-9-20(21(12-18)22(32)33)15-13-29-31(14-15)19-2-1-3-19/h4-9,12-14,19H,1-3,10-11H2,(H,30,34)(H,32,33). The molecule has 3 aromatic rings. The van der Waals surface area contributed by atoms with Crippen molar-refractivity contribution in [2.24, 2.45) is 0 Å². The molecule has 0 spiro atoms. The Morgan fingerprint density at radius 1 is 1.09 bits per heavy atom. The average molecular weight is 469 g/mol. The van der Waals surface area contributed by atoms with Crippen molar-refractivity contribution in [3.63, 3.8) is 0 Å². The zero-order valence-corrected chi connectivity index (χ0v) is 18.1. The van der Waals surface area contributed by atoms with Crippen molar-refractivity contribution in [1.29, 1.82) is 0 Å². The van der Waals surface area contributed by atoms with Crippen molar-refractivity contribution in [1.82, 2.24) is 9.78 Å². The summed E-state index contributed by atoms with van der Waals surface area (Å²) >= 11 is 0. The molecule has 2 fully saturated rings. The lowest BCUT2D eigenvalue weighted by molar-refractivity contribution is -0.137. The number of halogens is 3. The molecule has 2 aliphatic carbocycles. The van der Waals surface area contributed by atoms with Crippen molar-refractivity contribution < 1.29 is 27.9 Å². The van der Waals surface area contributed by atoms with Crippen LogP contribution >= 0.6 is 0 Å². The van der Waals surface area contributed by atoms with E-state index in [9.17, 15) is 27.9 Å². The highest BCUT2D eigenvalue weighted by atomic mass is 19.4. The second-order valence-corrected chi connectivity index (χ2v) is 8.97. The van der Waals surface area contributed by atoms with Gasteiger partial charge in [-0.1, -0.05) is 18.2 Å². The first-order chi connectivity index (χ1) is 16.2. The van der Waals surface area contributed by atoms with Crippen molar-refractivity contribution in [2.45, 2.75) is 49.7 Å². The van der Waals surface area contributed by atoms with Gasteiger partial charge in [0.1, 0.15) is 0 Å². The van der Waals surface area contributed by atoms with E-state index in [1.54, 1.807) is 18.3 Å². The highest BCUT2D eigenvalue weighted by Gasteiger charge is 2.51. The molecule has 0 aliphatic heterocycles. The van der Waals surface area contributed by atoms with E-state index < -0.39 is 23.1 Å². The molecule has 0 atom stereocenters. The van der Waals surface area contributed by atoms with Crippen LogP contribution in [0.15, 0.2) is 54.9 Å². The smallest absolute Gasteiger partial charge is 0.416 e. The maximum atomic E-state index is 13.0. The van der Waals surface area contributed by atoms with Gasteiger partial charge in [-0.05, 0) is 67.5 Å². The minimum atomic E-state index is -4.44. The van der Waals surface area contributed by atoms with Crippen LogP contribution in [0.3, 0.4) is 0 Å². The van der Waals surface area contributed by atoms with E-state index in [0.29, 0.717) is 41.3 Å². The molecule has 0 saturated heterocycles. The van der Waals surface area contributed by atoms with Crippen LogP contribution in [-0.2, 0) is 16.4 Å². The van der Waals surface area contributed by atoms with Crippen molar-refractivity contribution in [3.8, 4) is 11.1 Å². The van der Waals surface area contributed by atoms with E-state index in [0.717, 1.165) is 31.4 Å². The first kappa shape index (κ1) is 22.2. The minimum Gasteiger partial charge on any atom is -0.478 e. The van der Waals surface area contributed by atoms with Gasteiger partial charge in [-0.3, -0.25) is 9.48 Å². The number of hydrogen-bond donors (Lipinski definition) is 2. The molecule has 1 amide bonds. The summed E-state index contributed by atoms with van der Waals surface area (Å²) < 4.78 is 40.5. The highest BCUT2D eigenvalue weighted by molar-refractivity contribution is 6.03. The number of alkyl halides is 3. The molecule has 34 heavy (non-hydrogen) atoms. The van der Waals surface area contributed by atoms with Gasteiger partial charge in [0.25, 0.3) is 0 Å². The van der Waals surface area contributed by atoms with Crippen LogP contribution in [-0.4, -0.2) is 26.8 Å². The number of nitrogens with zero attached hydrogens (tertiary/aromatic N) is 2. The number of rotatable bonds is 6. The third-order valence-corrected chi connectivity index (χ3v) is 6.82. The second-order valence-electron chi connectivity index (χ2n) is 8.97. The fourth-order valence-corrected chi connectivity index (χ4v) is 4.38. The summed E-state index contributed by atoms with van der Waals surface area (Å²) in [5.74, 6) is -1.50. The van der Waals surface area contributed by atoms with Crippen LogP contribution in [0.4, 0.5) is 18.9 Å². The van der Waals surface area contributed by atoms with Crippen LogP contribution in [0, 0.1) is 0 Å². The zero-order valence-electron chi connectivity index (χ0n) is 18.1. The largest absolute Gasteiger partial charge is 0.478 e. The predicted molar refractivity (Wildman–Crippen MR) is 118 cm³/mol. The molecular weight excluding hydrogens is 447 g/mol. The van der Waals surface area contributed by atoms with Crippen molar-refractivity contribution in [3.05, 3.63) is 71.5 Å². The Hall–Kier alpha value is -3.62. The molecule has 0 unspecified atom stereocenters. The molecule has 2 aromatic carbocycles. The lowest BCUT2D eigenvalue weighted by Gasteiger charge is -2.25. The SMILES string of the molecule is O=C(O)c1cc(NC(=O)C2(c3ccc(C(F)(F)F)cc3)CC2)ccc1-c1cnn(C2CCC2)c1. The molecule has 1 aromatic heterocycles. The molecule has 0 bridgehead atoms. The Kier molecular flexibility index (Phi) is 5.22. The summed E-state index contributed by atoms with van der Waals surface area (Å²) in [4.78, 5) is 25.0. The highest BCUT2D eigenvalue weighted by Crippen LogP contribution is 2.49. The van der Waals surface area contributed by atoms with E-state index in [1.165, 1.54) is 18.2 Å². The lowest BCUT2D eigenvalue weighted by atomic mass is 9.93. The number of anilines is 1. The van der Waals surface area contributed by atoms with Crippen molar-refractivity contribution in [2.75, 3.05) is 5.32 Å². The first-order valence-electron chi connectivity index (χ1n) is 11.1. The summed E-state index contributed by atoms with van der Waals surface area (Å²) in [5, 5.41) is 16.9. The average Bonchev–Trinajstić information content (AvgIpc) is 3.45. The van der Waals surface area contributed by atoms with E-state index in [2.05, 4.69) is 10.4 Å². The van der Waals surface area contributed by atoms with Crippen LogP contribution in [0.1, 0.15) is 59.6 Å². The summed E-state index contributed by atoms with van der Waals surface area (Å²) in [5.41, 5.74) is 0.369. The summed E-state index contributed by atoms with van der Waals surface area (Å²) in [6, 6.07) is 9.64. The van der Waals surface area contributed by atoms with E-state index in [1.807, 2.05) is 10.9 Å². The number of hydrogen-bond acceptors (Lipinski definition) is 3. The van der Waals surface area contributed by atoms with Gasteiger partial charge in [-0.15, -0.1) is 0 Å². The van der Waals surface area contributed by atoms with Gasteiger partial charge in [-0.2, -0.15) is 18.3 Å². The molecule has 2 N–H and O–H groups in total. The lowest BCUT2D eigenvalue weighted by Crippen LogP contribution is -2.28. The molecule has 1 heterocycles. The maximum absolute atomic E-state index is 13.0. The Morgan fingerprint density at radius 3 is 2.35 bits per heavy atom. The Labute approximate surface area is 193 Å². The number of carboxylic acids is 1. The molecule has 2 aliphatic rings. The second kappa shape index (κ2) is 8.00. The molecule has 5 rings (SSSR count). The Morgan fingerprint density at radius 2 is 1.79 bits per heavy atom. The summed E-state index contributed by atoms with van der Waals surface area (Å²) in [6.07, 6.45) is 3.32. The number of nitrogens with one attached hydrogen (secondary N) is 1. The Bertz CT molecular complexity index is 1260. The zero-order chi connectivity index (χ0) is 24.1. The topological polar surface area (TPSA) is 84.2 Å². The molecule has 6 nitrogen and oxygen atoms in total. The van der Waals surface area contributed by atoms with E-state index in [4.69, 9.17) is 0 Å². The van der Waals surface area contributed by atoms with Gasteiger partial charge in [0.05, 0.1) is 28.8 Å². The monoisotopic (exact) mass is 469 g/mol. The van der Waals surface area contributed by atoms with Gasteiger partial charge in [-0.25, -0.2) is 4.79 Å². The molecule has 2 saturated carbocycles. The first-order valence-corrected chi connectivity index (χ1v) is 11.1. The summed E-state index contributed by atoms with van der Waals surface area (Å²) in [6.45, 7) is 0. The fourth-order valence-electron chi connectivity index (χ4n) is 4.38. The van der Waals surface area contributed by atoms with Gasteiger partial charge < -0.3 is 10.4 Å². The molecule has 0 radical (unpaired) electrons. The van der Waals surface area contributed by atoms with Gasteiger partial charge in [0.15, 0.2) is 0 Å². The number of carbonyl (C=O) groups excluding carboxylic acids is 1. The third kappa shape index (κ3) is 3.95. The number of aromatic nitrogens is 2. The number of aromatic carboxylic acids is 1. The number of benzene rings is 2. The van der Waals surface area contributed by atoms with Crippen molar-refractivity contribution >= 4 is 17.6 Å². The Balaban J connectivity index is 1.37. The van der Waals surface area contributed by atoms with Gasteiger partial charge in [0.2, 0.25) is 5.91 Å². The predicted octanol–water partition coefficient (Wildman–Crippen LogP) is 5.66. The van der Waals surface area contributed by atoms with Crippen LogP contribution in [0.2, 0.25) is 0 Å². The molecular formula is C25H22F3N3O3. The maximum Gasteiger partial charge on any atom is 0.416 e. The number of carboxylic acid groups (broad SMARTS) is 1. The fraction of sp³-hybridized carbons (Fsp3) is 0.320. The quantitative estimate of drug-likeness (QED) is 0.488. The molecule has 176 valence electrons.